The molecule has 0 aliphatic heterocycles. The first kappa shape index (κ1) is 22.1. The molecule has 7 heteroatoms. The number of nitrogens with one attached hydrogen (secondary N) is 2. The van der Waals surface area contributed by atoms with Gasteiger partial charge in [-0.05, 0) is 27.8 Å². The molecule has 0 bridgehead atoms. The Kier molecular flexibility index (Phi) is 6.69. The number of fused-ring (bicyclic) bond motifs is 3. The van der Waals surface area contributed by atoms with Crippen molar-refractivity contribution in [2.75, 3.05) is 13.2 Å². The molecular formula is C26H25N3O4. The molecule has 0 saturated carbocycles. The van der Waals surface area contributed by atoms with Crippen LogP contribution in [-0.4, -0.2) is 37.1 Å². The van der Waals surface area contributed by atoms with Crippen LogP contribution in [0.5, 0.6) is 0 Å². The third kappa shape index (κ3) is 5.20. The number of nitrogens with two attached hydrogens (primary N) is 1. The molecule has 33 heavy (non-hydrogen) atoms. The van der Waals surface area contributed by atoms with Crippen molar-refractivity contribution in [1.29, 1.82) is 0 Å². The van der Waals surface area contributed by atoms with Gasteiger partial charge in [0.2, 0.25) is 11.8 Å². The van der Waals surface area contributed by atoms with Crippen LogP contribution >= 0.6 is 0 Å². The zero-order valence-electron chi connectivity index (χ0n) is 18.0. The predicted octanol–water partition coefficient (Wildman–Crippen LogP) is 2.74. The highest BCUT2D eigenvalue weighted by atomic mass is 16.5. The van der Waals surface area contributed by atoms with E-state index in [0.717, 1.165) is 27.8 Å². The molecule has 1 aliphatic carbocycles. The van der Waals surface area contributed by atoms with Crippen LogP contribution in [0.4, 0.5) is 4.79 Å². The summed E-state index contributed by atoms with van der Waals surface area (Å²) in [6.45, 7) is -0.172. The molecule has 3 amide bonds. The summed E-state index contributed by atoms with van der Waals surface area (Å²) in [5.41, 5.74) is 10.8. The van der Waals surface area contributed by atoms with E-state index in [2.05, 4.69) is 22.8 Å². The van der Waals surface area contributed by atoms with Crippen molar-refractivity contribution in [3.05, 3.63) is 95.6 Å². The minimum absolute atomic E-state index is 0.0675. The van der Waals surface area contributed by atoms with Gasteiger partial charge in [-0.25, -0.2) is 4.79 Å². The van der Waals surface area contributed by atoms with Gasteiger partial charge in [-0.3, -0.25) is 9.59 Å². The van der Waals surface area contributed by atoms with Gasteiger partial charge in [-0.2, -0.15) is 0 Å². The fourth-order valence-corrected chi connectivity index (χ4v) is 4.12. The number of rotatable bonds is 8. The fraction of sp³-hybridized carbons (Fsp3) is 0.192. The molecule has 168 valence electrons. The molecule has 1 aliphatic rings. The van der Waals surface area contributed by atoms with E-state index in [9.17, 15) is 14.4 Å². The molecule has 7 nitrogen and oxygen atoms in total. The number of hydrogen-bond acceptors (Lipinski definition) is 4. The highest BCUT2D eigenvalue weighted by Crippen LogP contribution is 2.44. The van der Waals surface area contributed by atoms with Gasteiger partial charge in [0.25, 0.3) is 0 Å². The maximum Gasteiger partial charge on any atom is 0.407 e. The first-order valence-electron chi connectivity index (χ1n) is 10.7. The lowest BCUT2D eigenvalue weighted by Crippen LogP contribution is -2.49. The van der Waals surface area contributed by atoms with Gasteiger partial charge in [0.05, 0.1) is 0 Å². The smallest absolute Gasteiger partial charge is 0.407 e. The van der Waals surface area contributed by atoms with E-state index in [4.69, 9.17) is 10.5 Å². The lowest BCUT2D eigenvalue weighted by Gasteiger charge is -2.17. The Hall–Kier alpha value is -4.13. The average molecular weight is 444 g/mol. The molecule has 4 rings (SSSR count). The zero-order chi connectivity index (χ0) is 23.2. The Balaban J connectivity index is 1.29. The predicted molar refractivity (Wildman–Crippen MR) is 124 cm³/mol. The normalized spacial score (nSPS) is 12.8. The molecule has 0 radical (unpaired) electrons. The van der Waals surface area contributed by atoms with Crippen LogP contribution in [0.3, 0.4) is 0 Å². The summed E-state index contributed by atoms with van der Waals surface area (Å²) in [4.78, 5) is 36.2. The standard InChI is InChI=1S/C26H25N3O4/c27-25(31)23(14-17-8-2-1-3-9-17)29-24(30)15-28-26(32)33-16-22-20-12-6-4-10-18(20)19-11-5-7-13-21(19)22/h1-13,22-23H,14-16H2,(H2,27,31)(H,28,32)(H,29,30)/t23-/m0/s1. The number of primary amides is 1. The van der Waals surface area contributed by atoms with E-state index in [1.54, 1.807) is 0 Å². The molecule has 4 N–H and O–H groups in total. The maximum absolute atomic E-state index is 12.3. The molecule has 0 unspecified atom stereocenters. The van der Waals surface area contributed by atoms with Crippen LogP contribution in [0.1, 0.15) is 22.6 Å². The number of carbonyl (C=O) groups is 3. The summed E-state index contributed by atoms with van der Waals surface area (Å²) in [6.07, 6.45) is -0.432. The first-order valence-corrected chi connectivity index (χ1v) is 10.7. The Bertz CT molecular complexity index is 1120. The highest BCUT2D eigenvalue weighted by Gasteiger charge is 2.29. The minimum Gasteiger partial charge on any atom is -0.449 e. The largest absolute Gasteiger partial charge is 0.449 e. The fourth-order valence-electron chi connectivity index (χ4n) is 4.12. The Labute approximate surface area is 191 Å². The quantitative estimate of drug-likeness (QED) is 0.497. The van der Waals surface area contributed by atoms with Gasteiger partial charge in [0, 0.05) is 12.3 Å². The minimum atomic E-state index is -0.871. The van der Waals surface area contributed by atoms with Gasteiger partial charge in [0.1, 0.15) is 19.2 Å². The number of ether oxygens (including phenoxy) is 1. The lowest BCUT2D eigenvalue weighted by molar-refractivity contribution is -0.126. The molecule has 3 aromatic carbocycles. The van der Waals surface area contributed by atoms with Crippen molar-refractivity contribution in [1.82, 2.24) is 10.6 Å². The van der Waals surface area contributed by atoms with Crippen LogP contribution < -0.4 is 16.4 Å². The van der Waals surface area contributed by atoms with Gasteiger partial charge in [0.15, 0.2) is 0 Å². The molecule has 0 spiro atoms. The Morgan fingerprint density at radius 3 is 2.03 bits per heavy atom. The average Bonchev–Trinajstić information content (AvgIpc) is 3.15. The van der Waals surface area contributed by atoms with E-state index in [-0.39, 0.29) is 25.5 Å². The second kappa shape index (κ2) is 9.99. The molecule has 3 aromatic rings. The van der Waals surface area contributed by atoms with Crippen LogP contribution in [-0.2, 0) is 20.7 Å². The molecule has 0 fully saturated rings. The monoisotopic (exact) mass is 443 g/mol. The van der Waals surface area contributed by atoms with E-state index < -0.39 is 23.9 Å². The Morgan fingerprint density at radius 2 is 1.42 bits per heavy atom. The third-order valence-electron chi connectivity index (χ3n) is 5.70. The Morgan fingerprint density at radius 1 is 0.848 bits per heavy atom. The first-order chi connectivity index (χ1) is 16.0. The van der Waals surface area contributed by atoms with Gasteiger partial charge >= 0.3 is 6.09 Å². The van der Waals surface area contributed by atoms with Crippen LogP contribution in [0.15, 0.2) is 78.9 Å². The highest BCUT2D eigenvalue weighted by molar-refractivity contribution is 5.89. The summed E-state index contributed by atoms with van der Waals surface area (Å²) in [5, 5.41) is 5.00. The van der Waals surface area contributed by atoms with Gasteiger partial charge < -0.3 is 21.1 Å². The van der Waals surface area contributed by atoms with Crippen LogP contribution in [0, 0.1) is 0 Å². The van der Waals surface area contributed by atoms with Gasteiger partial charge in [-0.1, -0.05) is 78.9 Å². The van der Waals surface area contributed by atoms with Crippen LogP contribution in [0.25, 0.3) is 11.1 Å². The van der Waals surface area contributed by atoms with Crippen LogP contribution in [0.2, 0.25) is 0 Å². The van der Waals surface area contributed by atoms with Crippen molar-refractivity contribution < 1.29 is 19.1 Å². The number of alkyl carbamates (subject to hydrolysis) is 1. The van der Waals surface area contributed by atoms with E-state index in [1.807, 2.05) is 66.7 Å². The summed E-state index contributed by atoms with van der Waals surface area (Å²) in [7, 11) is 0. The summed E-state index contributed by atoms with van der Waals surface area (Å²) in [5.74, 6) is -1.24. The summed E-state index contributed by atoms with van der Waals surface area (Å²) in [6, 6.07) is 24.4. The van der Waals surface area contributed by atoms with E-state index in [0.29, 0.717) is 0 Å². The lowest BCUT2D eigenvalue weighted by atomic mass is 9.98. The maximum atomic E-state index is 12.3. The molecule has 0 aromatic heterocycles. The molecule has 1 atom stereocenters. The number of hydrogen-bond donors (Lipinski definition) is 3. The second-order valence-electron chi connectivity index (χ2n) is 7.89. The van der Waals surface area contributed by atoms with Crippen molar-refractivity contribution in [2.45, 2.75) is 18.4 Å². The van der Waals surface area contributed by atoms with E-state index in [1.165, 1.54) is 0 Å². The molecule has 0 saturated heterocycles. The topological polar surface area (TPSA) is 111 Å². The third-order valence-corrected chi connectivity index (χ3v) is 5.70. The van der Waals surface area contributed by atoms with Gasteiger partial charge in [-0.15, -0.1) is 0 Å². The van der Waals surface area contributed by atoms with Crippen molar-refractivity contribution >= 4 is 17.9 Å². The van der Waals surface area contributed by atoms with Crippen molar-refractivity contribution in [3.8, 4) is 11.1 Å². The molecular weight excluding hydrogens is 418 g/mol. The van der Waals surface area contributed by atoms with Crippen molar-refractivity contribution in [2.24, 2.45) is 5.73 Å². The second-order valence-corrected chi connectivity index (χ2v) is 7.89. The number of benzene rings is 3. The van der Waals surface area contributed by atoms with E-state index >= 15 is 0 Å². The van der Waals surface area contributed by atoms with Crippen molar-refractivity contribution in [3.63, 3.8) is 0 Å². The summed E-state index contributed by atoms with van der Waals surface area (Å²) < 4.78 is 5.42. The molecule has 0 heterocycles. The SMILES string of the molecule is NC(=O)[C@H](Cc1ccccc1)NC(=O)CNC(=O)OCC1c2ccccc2-c2ccccc21. The number of carbonyl (C=O) groups excluding carboxylic acids is 3. The zero-order valence-corrected chi connectivity index (χ0v) is 18.0. The number of amides is 3. The summed E-state index contributed by atoms with van der Waals surface area (Å²) >= 11 is 0.